The van der Waals surface area contributed by atoms with Crippen LogP contribution >= 0.6 is 0 Å². The standard InChI is InChI=1S/C15H26BNO/c1-14(2)10-7-11(14)15(3)9-16(18-12(15)8-10)13-5-4-6-17-13/h10-13,17H,4-9H2,1-3H3. The molecule has 5 atom stereocenters. The van der Waals surface area contributed by atoms with Crippen LogP contribution in [-0.4, -0.2) is 25.5 Å². The van der Waals surface area contributed by atoms with Crippen LogP contribution in [0.4, 0.5) is 0 Å². The fourth-order valence-electron chi connectivity index (χ4n) is 5.73. The summed E-state index contributed by atoms with van der Waals surface area (Å²) in [6.07, 6.45) is 7.31. The molecule has 0 aromatic carbocycles. The molecule has 1 N–H and O–H groups in total. The van der Waals surface area contributed by atoms with Crippen LogP contribution in [-0.2, 0) is 4.65 Å². The molecule has 3 heteroatoms. The second-order valence-electron chi connectivity index (χ2n) is 8.12. The maximum atomic E-state index is 6.48. The van der Waals surface area contributed by atoms with Crippen molar-refractivity contribution in [3.8, 4) is 0 Å². The maximum Gasteiger partial charge on any atom is 0.311 e. The Hall–Kier alpha value is -0.0151. The van der Waals surface area contributed by atoms with Gasteiger partial charge in [-0.2, -0.15) is 0 Å². The van der Waals surface area contributed by atoms with E-state index in [-0.39, 0.29) is 0 Å². The highest BCUT2D eigenvalue weighted by Crippen LogP contribution is 2.69. The van der Waals surface area contributed by atoms with E-state index in [0.29, 0.717) is 29.8 Å². The molecule has 2 bridgehead atoms. The molecule has 2 heterocycles. The highest BCUT2D eigenvalue weighted by atomic mass is 16.5. The van der Waals surface area contributed by atoms with E-state index in [1.165, 1.54) is 38.5 Å². The zero-order chi connectivity index (χ0) is 12.5. The Bertz CT molecular complexity index is 366. The van der Waals surface area contributed by atoms with Gasteiger partial charge in [0.05, 0.1) is 0 Å². The molecule has 5 fully saturated rings. The summed E-state index contributed by atoms with van der Waals surface area (Å²) in [4.78, 5) is 0. The second-order valence-corrected chi connectivity index (χ2v) is 8.12. The summed E-state index contributed by atoms with van der Waals surface area (Å²) in [6.45, 7) is 9.21. The Balaban J connectivity index is 1.57. The average molecular weight is 247 g/mol. The van der Waals surface area contributed by atoms with E-state index in [2.05, 4.69) is 26.1 Å². The molecule has 18 heavy (non-hydrogen) atoms. The first-order valence-corrected chi connectivity index (χ1v) is 7.90. The lowest BCUT2D eigenvalue weighted by molar-refractivity contribution is -0.180. The molecule has 2 aliphatic heterocycles. The first-order chi connectivity index (χ1) is 8.52. The summed E-state index contributed by atoms with van der Waals surface area (Å²) < 4.78 is 6.48. The van der Waals surface area contributed by atoms with Crippen LogP contribution in [0.2, 0.25) is 6.32 Å². The van der Waals surface area contributed by atoms with E-state index in [0.717, 1.165) is 11.8 Å². The lowest BCUT2D eigenvalue weighted by atomic mass is 9.37. The van der Waals surface area contributed by atoms with Crippen LogP contribution in [0, 0.1) is 22.7 Å². The number of nitrogens with one attached hydrogen (secondary N) is 1. The predicted molar refractivity (Wildman–Crippen MR) is 74.6 cm³/mol. The van der Waals surface area contributed by atoms with Crippen molar-refractivity contribution in [3.05, 3.63) is 0 Å². The van der Waals surface area contributed by atoms with Crippen molar-refractivity contribution in [3.63, 3.8) is 0 Å². The molecule has 0 amide bonds. The third kappa shape index (κ3) is 1.33. The highest BCUT2D eigenvalue weighted by Gasteiger charge is 2.67. The summed E-state index contributed by atoms with van der Waals surface area (Å²) in [5.74, 6) is 2.48. The van der Waals surface area contributed by atoms with Gasteiger partial charge < -0.3 is 9.97 Å². The predicted octanol–water partition coefficient (Wildman–Crippen LogP) is 2.74. The SMILES string of the molecule is CC1(C)C2CC3OB(C4CCCN4)CC3(C)C1C2. The van der Waals surface area contributed by atoms with E-state index < -0.39 is 0 Å². The van der Waals surface area contributed by atoms with Crippen molar-refractivity contribution in [2.24, 2.45) is 22.7 Å². The largest absolute Gasteiger partial charge is 0.431 e. The van der Waals surface area contributed by atoms with Crippen molar-refractivity contribution in [1.82, 2.24) is 5.32 Å². The molecule has 3 aliphatic carbocycles. The van der Waals surface area contributed by atoms with Gasteiger partial charge in [0.1, 0.15) is 0 Å². The zero-order valence-corrected chi connectivity index (χ0v) is 12.0. The third-order valence-electron chi connectivity index (χ3n) is 7.03. The highest BCUT2D eigenvalue weighted by molar-refractivity contribution is 6.55. The normalized spacial score (nSPS) is 53.2. The van der Waals surface area contributed by atoms with E-state index in [1.807, 2.05) is 0 Å². The van der Waals surface area contributed by atoms with Crippen molar-refractivity contribution in [2.45, 2.75) is 64.8 Å². The first-order valence-electron chi connectivity index (χ1n) is 7.90. The Morgan fingerprint density at radius 2 is 2.06 bits per heavy atom. The minimum Gasteiger partial charge on any atom is -0.431 e. The number of hydrogen-bond donors (Lipinski definition) is 1. The fourth-order valence-corrected chi connectivity index (χ4v) is 5.73. The summed E-state index contributed by atoms with van der Waals surface area (Å²) in [6, 6.07) is 0. The van der Waals surface area contributed by atoms with Crippen LogP contribution in [0.5, 0.6) is 0 Å². The molecule has 5 rings (SSSR count). The van der Waals surface area contributed by atoms with Gasteiger partial charge in [0.15, 0.2) is 0 Å². The minimum atomic E-state index is 0.465. The molecular weight excluding hydrogens is 221 g/mol. The van der Waals surface area contributed by atoms with Gasteiger partial charge in [-0.25, -0.2) is 0 Å². The Kier molecular flexibility index (Phi) is 2.32. The van der Waals surface area contributed by atoms with Gasteiger partial charge in [-0.15, -0.1) is 0 Å². The Morgan fingerprint density at radius 1 is 1.22 bits per heavy atom. The van der Waals surface area contributed by atoms with Crippen LogP contribution in [0.15, 0.2) is 0 Å². The summed E-state index contributed by atoms with van der Waals surface area (Å²) >= 11 is 0. The molecule has 0 aromatic rings. The van der Waals surface area contributed by atoms with E-state index in [9.17, 15) is 0 Å². The van der Waals surface area contributed by atoms with Gasteiger partial charge in [-0.05, 0) is 61.2 Å². The lowest BCUT2D eigenvalue weighted by Crippen LogP contribution is -2.60. The van der Waals surface area contributed by atoms with Crippen molar-refractivity contribution >= 4 is 6.92 Å². The van der Waals surface area contributed by atoms with Gasteiger partial charge in [0, 0.05) is 12.0 Å². The van der Waals surface area contributed by atoms with Crippen LogP contribution < -0.4 is 5.32 Å². The van der Waals surface area contributed by atoms with Crippen molar-refractivity contribution in [1.29, 1.82) is 0 Å². The van der Waals surface area contributed by atoms with Gasteiger partial charge >= 0.3 is 6.92 Å². The maximum absolute atomic E-state index is 6.48. The molecular formula is C15H26BNO. The van der Waals surface area contributed by atoms with Crippen molar-refractivity contribution < 1.29 is 4.65 Å². The zero-order valence-electron chi connectivity index (χ0n) is 12.0. The molecule has 0 radical (unpaired) electrons. The van der Waals surface area contributed by atoms with Gasteiger partial charge in [0.25, 0.3) is 0 Å². The van der Waals surface area contributed by atoms with Crippen molar-refractivity contribution in [2.75, 3.05) is 6.54 Å². The second kappa shape index (κ2) is 3.55. The molecule has 5 unspecified atom stereocenters. The molecule has 100 valence electrons. The smallest absolute Gasteiger partial charge is 0.311 e. The Morgan fingerprint density at radius 3 is 2.72 bits per heavy atom. The minimum absolute atomic E-state index is 0.465. The topological polar surface area (TPSA) is 21.3 Å². The van der Waals surface area contributed by atoms with Crippen LogP contribution in [0.1, 0.15) is 46.5 Å². The van der Waals surface area contributed by atoms with E-state index >= 15 is 0 Å². The average Bonchev–Trinajstić information content (AvgIpc) is 2.92. The summed E-state index contributed by atoms with van der Waals surface area (Å²) in [5.41, 5.74) is 1.04. The van der Waals surface area contributed by atoms with Gasteiger partial charge in [-0.3, -0.25) is 0 Å². The quantitative estimate of drug-likeness (QED) is 0.719. The Labute approximate surface area is 111 Å². The van der Waals surface area contributed by atoms with Gasteiger partial charge in [-0.1, -0.05) is 20.8 Å². The van der Waals surface area contributed by atoms with Gasteiger partial charge in [0.2, 0.25) is 0 Å². The molecule has 2 saturated heterocycles. The van der Waals surface area contributed by atoms with Crippen LogP contribution in [0.25, 0.3) is 0 Å². The lowest BCUT2D eigenvalue weighted by Gasteiger charge is -2.65. The number of hydrogen-bond acceptors (Lipinski definition) is 2. The molecule has 0 spiro atoms. The molecule has 2 nitrogen and oxygen atoms in total. The molecule has 0 aromatic heterocycles. The number of rotatable bonds is 1. The van der Waals surface area contributed by atoms with E-state index in [4.69, 9.17) is 4.65 Å². The third-order valence-corrected chi connectivity index (χ3v) is 7.03. The summed E-state index contributed by atoms with van der Waals surface area (Å²) in [5, 5.41) is 3.65. The summed E-state index contributed by atoms with van der Waals surface area (Å²) in [7, 11) is 0. The monoisotopic (exact) mass is 247 g/mol. The molecule has 5 aliphatic rings. The molecule has 3 saturated carbocycles. The van der Waals surface area contributed by atoms with Crippen LogP contribution in [0.3, 0.4) is 0 Å². The fraction of sp³-hybridized carbons (Fsp3) is 1.00. The van der Waals surface area contributed by atoms with E-state index in [1.54, 1.807) is 0 Å². The first kappa shape index (κ1) is 11.8.